The van der Waals surface area contributed by atoms with Gasteiger partial charge in [0.25, 0.3) is 5.91 Å². The zero-order valence-electron chi connectivity index (χ0n) is 16.3. The van der Waals surface area contributed by atoms with Crippen molar-refractivity contribution in [3.63, 3.8) is 0 Å². The second-order valence-corrected chi connectivity index (χ2v) is 6.83. The number of fused-ring (bicyclic) bond motifs is 1. The van der Waals surface area contributed by atoms with Gasteiger partial charge in [-0.05, 0) is 49.1 Å². The molecule has 0 atom stereocenters. The van der Waals surface area contributed by atoms with Gasteiger partial charge in [0.15, 0.2) is 11.4 Å². The van der Waals surface area contributed by atoms with Crippen LogP contribution in [0.15, 0.2) is 48.5 Å². The molecule has 4 rings (SSSR count). The van der Waals surface area contributed by atoms with Gasteiger partial charge in [0.05, 0.1) is 0 Å². The number of nitrogens with zero attached hydrogens (tertiary/aromatic N) is 2. The molecule has 0 unspecified atom stereocenters. The van der Waals surface area contributed by atoms with E-state index in [9.17, 15) is 15.2 Å². The number of rotatable bonds is 5. The second kappa shape index (κ2) is 9.45. The fourth-order valence-corrected chi connectivity index (χ4v) is 2.85. The first-order chi connectivity index (χ1) is 14.9. The average Bonchev–Trinajstić information content (AvgIpc) is 3.57. The Morgan fingerprint density at radius 3 is 2.39 bits per heavy atom. The standard InChI is InChI=1S/C21H17N3O3.CH2O3/c22-11-18-17-10-15(27-14-4-2-1-3-5-14)8-9-16(17)20(25)19(24-18)21(26)23-12-13-6-7-13;2-1(3)4/h1-5,8-10,13,25H,6-7,12H2,(H,23,26);(H2,2,3,4). The first kappa shape index (κ1) is 21.4. The van der Waals surface area contributed by atoms with Gasteiger partial charge >= 0.3 is 6.16 Å². The number of carboxylic acid groups (broad SMARTS) is 2. The molecule has 1 aromatic heterocycles. The van der Waals surface area contributed by atoms with Gasteiger partial charge in [-0.15, -0.1) is 0 Å². The highest BCUT2D eigenvalue weighted by Crippen LogP contribution is 2.34. The van der Waals surface area contributed by atoms with E-state index in [4.69, 9.17) is 19.7 Å². The van der Waals surface area contributed by atoms with Crippen LogP contribution in [0.3, 0.4) is 0 Å². The van der Waals surface area contributed by atoms with Crippen molar-refractivity contribution in [2.24, 2.45) is 5.92 Å². The number of benzene rings is 2. The van der Waals surface area contributed by atoms with Crippen LogP contribution in [0.4, 0.5) is 4.79 Å². The second-order valence-electron chi connectivity index (χ2n) is 6.83. The van der Waals surface area contributed by atoms with E-state index in [2.05, 4.69) is 10.3 Å². The monoisotopic (exact) mass is 421 g/mol. The summed E-state index contributed by atoms with van der Waals surface area (Å²) in [6.45, 7) is 0.559. The number of pyridine rings is 1. The van der Waals surface area contributed by atoms with Crippen LogP contribution in [0.2, 0.25) is 0 Å². The number of aromatic nitrogens is 1. The van der Waals surface area contributed by atoms with Gasteiger partial charge in [-0.3, -0.25) is 4.79 Å². The molecule has 9 nitrogen and oxygen atoms in total. The number of carbonyl (C=O) groups is 2. The van der Waals surface area contributed by atoms with Crippen molar-refractivity contribution in [2.45, 2.75) is 12.8 Å². The highest BCUT2D eigenvalue weighted by atomic mass is 16.6. The predicted molar refractivity (Wildman–Crippen MR) is 110 cm³/mol. The largest absolute Gasteiger partial charge is 0.505 e. The SMILES string of the molecule is N#Cc1nc(C(=O)NCC2CC2)c(O)c2ccc(Oc3ccccc3)cc12.O=C(O)O. The number of hydrogen-bond donors (Lipinski definition) is 4. The fraction of sp³-hybridized carbons (Fsp3) is 0.182. The topological polar surface area (TPSA) is 153 Å². The number of nitrogens with one attached hydrogen (secondary N) is 1. The maximum atomic E-state index is 12.3. The Balaban J connectivity index is 0.000000628. The minimum Gasteiger partial charge on any atom is -0.505 e. The predicted octanol–water partition coefficient (Wildman–Crippen LogP) is 3.97. The Morgan fingerprint density at radius 2 is 1.77 bits per heavy atom. The van der Waals surface area contributed by atoms with Crippen molar-refractivity contribution < 1.29 is 29.6 Å². The minimum atomic E-state index is -1.83. The third-order valence-corrected chi connectivity index (χ3v) is 4.50. The summed E-state index contributed by atoms with van der Waals surface area (Å²) in [5.41, 5.74) is -0.0608. The van der Waals surface area contributed by atoms with Gasteiger partial charge in [-0.1, -0.05) is 18.2 Å². The quantitative estimate of drug-likeness (QED) is 0.483. The molecule has 2 aromatic carbocycles. The maximum absolute atomic E-state index is 12.3. The molecule has 9 heteroatoms. The summed E-state index contributed by atoms with van der Waals surface area (Å²) in [5, 5.41) is 37.5. The molecule has 1 heterocycles. The molecule has 0 spiro atoms. The molecule has 4 N–H and O–H groups in total. The number of nitriles is 1. The van der Waals surface area contributed by atoms with Crippen LogP contribution in [-0.4, -0.2) is 38.9 Å². The van der Waals surface area contributed by atoms with Crippen molar-refractivity contribution in [3.8, 4) is 23.3 Å². The number of aromatic hydroxyl groups is 1. The molecule has 1 amide bonds. The van der Waals surface area contributed by atoms with Gasteiger partial charge in [0.2, 0.25) is 0 Å². The summed E-state index contributed by atoms with van der Waals surface area (Å²) >= 11 is 0. The number of para-hydroxylation sites is 1. The highest BCUT2D eigenvalue weighted by molar-refractivity contribution is 6.03. The van der Waals surface area contributed by atoms with Crippen LogP contribution in [-0.2, 0) is 0 Å². The lowest BCUT2D eigenvalue weighted by Gasteiger charge is -2.11. The molecule has 158 valence electrons. The average molecular weight is 421 g/mol. The zero-order chi connectivity index (χ0) is 22.4. The molecule has 0 saturated heterocycles. The van der Waals surface area contributed by atoms with Crippen LogP contribution in [0, 0.1) is 17.2 Å². The molecule has 1 fully saturated rings. The maximum Gasteiger partial charge on any atom is 0.503 e. The van der Waals surface area contributed by atoms with Gasteiger partial charge in [0.1, 0.15) is 23.3 Å². The van der Waals surface area contributed by atoms with E-state index in [1.54, 1.807) is 18.2 Å². The van der Waals surface area contributed by atoms with Crippen LogP contribution < -0.4 is 10.1 Å². The summed E-state index contributed by atoms with van der Waals surface area (Å²) in [6.07, 6.45) is 0.371. The Bertz CT molecular complexity index is 1150. The van der Waals surface area contributed by atoms with Crippen LogP contribution in [0.25, 0.3) is 10.8 Å². The molecule has 1 aliphatic carbocycles. The van der Waals surface area contributed by atoms with Gasteiger partial charge in [0, 0.05) is 17.3 Å². The lowest BCUT2D eigenvalue weighted by molar-refractivity contribution is 0.0943. The van der Waals surface area contributed by atoms with Crippen LogP contribution >= 0.6 is 0 Å². The number of carbonyl (C=O) groups excluding carboxylic acids is 1. The van der Waals surface area contributed by atoms with Crippen LogP contribution in [0.5, 0.6) is 17.2 Å². The third-order valence-electron chi connectivity index (χ3n) is 4.50. The molecule has 1 aliphatic rings. The lowest BCUT2D eigenvalue weighted by Crippen LogP contribution is -2.26. The molecule has 0 radical (unpaired) electrons. The van der Waals surface area contributed by atoms with E-state index in [-0.39, 0.29) is 17.1 Å². The molecule has 1 saturated carbocycles. The normalized spacial score (nSPS) is 12.2. The molecular weight excluding hydrogens is 402 g/mol. The summed E-state index contributed by atoms with van der Waals surface area (Å²) < 4.78 is 5.78. The van der Waals surface area contributed by atoms with Gasteiger partial charge < -0.3 is 25.4 Å². The van der Waals surface area contributed by atoms with Gasteiger partial charge in [-0.25, -0.2) is 9.78 Å². The lowest BCUT2D eigenvalue weighted by atomic mass is 10.1. The Kier molecular flexibility index (Phi) is 6.52. The fourth-order valence-electron chi connectivity index (χ4n) is 2.85. The molecule has 0 aliphatic heterocycles. The number of amides is 1. The molecular formula is C22H19N3O6. The first-order valence-corrected chi connectivity index (χ1v) is 9.39. The Hall–Kier alpha value is -4.32. The van der Waals surface area contributed by atoms with E-state index in [1.165, 1.54) is 0 Å². The molecule has 31 heavy (non-hydrogen) atoms. The van der Waals surface area contributed by atoms with E-state index < -0.39 is 12.1 Å². The van der Waals surface area contributed by atoms with Crippen molar-refractivity contribution in [1.82, 2.24) is 10.3 Å². The summed E-state index contributed by atoms with van der Waals surface area (Å²) in [6, 6.07) is 16.2. The Morgan fingerprint density at radius 1 is 1.10 bits per heavy atom. The van der Waals surface area contributed by atoms with E-state index in [1.807, 2.05) is 36.4 Å². The van der Waals surface area contributed by atoms with E-state index in [0.29, 0.717) is 34.7 Å². The van der Waals surface area contributed by atoms with Crippen molar-refractivity contribution in [1.29, 1.82) is 5.26 Å². The molecule has 0 bridgehead atoms. The van der Waals surface area contributed by atoms with Gasteiger partial charge in [-0.2, -0.15) is 5.26 Å². The number of ether oxygens (including phenoxy) is 1. The van der Waals surface area contributed by atoms with Crippen molar-refractivity contribution >= 4 is 22.8 Å². The first-order valence-electron chi connectivity index (χ1n) is 9.39. The third kappa shape index (κ3) is 5.61. The zero-order valence-corrected chi connectivity index (χ0v) is 16.3. The highest BCUT2D eigenvalue weighted by Gasteiger charge is 2.24. The molecule has 3 aromatic rings. The smallest absolute Gasteiger partial charge is 0.503 e. The summed E-state index contributed by atoms with van der Waals surface area (Å²) in [4.78, 5) is 25.0. The van der Waals surface area contributed by atoms with Crippen molar-refractivity contribution in [2.75, 3.05) is 6.54 Å². The van der Waals surface area contributed by atoms with Crippen LogP contribution in [0.1, 0.15) is 29.0 Å². The summed E-state index contributed by atoms with van der Waals surface area (Å²) in [5.74, 6) is 0.969. The van der Waals surface area contributed by atoms with Crippen molar-refractivity contribution in [3.05, 3.63) is 59.9 Å². The minimum absolute atomic E-state index is 0.0675. The van der Waals surface area contributed by atoms with E-state index in [0.717, 1.165) is 12.8 Å². The Labute approximate surface area is 177 Å². The number of hydrogen-bond acceptors (Lipinski definition) is 6. The van der Waals surface area contributed by atoms with E-state index >= 15 is 0 Å². The summed E-state index contributed by atoms with van der Waals surface area (Å²) in [7, 11) is 0.